The molecule has 2 aromatic rings. The van der Waals surface area contributed by atoms with Gasteiger partial charge in [-0.25, -0.2) is 0 Å². The molecule has 0 aliphatic carbocycles. The number of nitrogen functional groups attached to an aromatic ring is 1. The summed E-state index contributed by atoms with van der Waals surface area (Å²) in [7, 11) is 0. The van der Waals surface area contributed by atoms with Crippen LogP contribution in [0.5, 0.6) is 0 Å². The Kier molecular flexibility index (Phi) is 1.11. The van der Waals surface area contributed by atoms with Gasteiger partial charge in [0.2, 0.25) is 0 Å². The Labute approximate surface area is 62.5 Å². The maximum absolute atomic E-state index is 5.56. The first-order valence-corrected chi connectivity index (χ1v) is 3.79. The van der Waals surface area contributed by atoms with Crippen molar-refractivity contribution < 1.29 is 0 Å². The largest absolute Gasteiger partial charge is 0.399 e. The Morgan fingerprint density at radius 1 is 1.40 bits per heavy atom. The van der Waals surface area contributed by atoms with Gasteiger partial charge in [0.05, 0.1) is 5.52 Å². The van der Waals surface area contributed by atoms with Crippen molar-refractivity contribution in [2.75, 3.05) is 5.73 Å². The quantitative estimate of drug-likeness (QED) is 0.582. The summed E-state index contributed by atoms with van der Waals surface area (Å²) in [5.41, 5.74) is 7.39. The summed E-state index contributed by atoms with van der Waals surface area (Å²) in [4.78, 5) is 0. The summed E-state index contributed by atoms with van der Waals surface area (Å²) in [6.07, 6.45) is 0. The van der Waals surface area contributed by atoms with Gasteiger partial charge in [-0.2, -0.15) is 4.37 Å². The molecule has 1 heterocycles. The molecule has 50 valence electrons. The molecule has 1 aromatic carbocycles. The third-order valence-electron chi connectivity index (χ3n) is 1.38. The van der Waals surface area contributed by atoms with Gasteiger partial charge in [-0.05, 0) is 29.7 Å². The number of nitrogens with two attached hydrogens (primary N) is 1. The Hall–Kier alpha value is -1.09. The molecule has 0 bridgehead atoms. The van der Waals surface area contributed by atoms with Crippen LogP contribution in [0.25, 0.3) is 10.9 Å². The number of hydrogen-bond acceptors (Lipinski definition) is 3. The van der Waals surface area contributed by atoms with Crippen LogP contribution in [-0.2, 0) is 0 Å². The topological polar surface area (TPSA) is 38.9 Å². The molecule has 0 unspecified atom stereocenters. The summed E-state index contributed by atoms with van der Waals surface area (Å²) in [5.74, 6) is 0. The molecular weight excluding hydrogens is 144 g/mol. The first-order valence-electron chi connectivity index (χ1n) is 2.96. The summed E-state index contributed by atoms with van der Waals surface area (Å²) in [6, 6.07) is 5.72. The highest BCUT2D eigenvalue weighted by atomic mass is 32.1. The number of nitrogens with zero attached hydrogens (tertiary/aromatic N) is 1. The van der Waals surface area contributed by atoms with E-state index in [9.17, 15) is 0 Å². The average Bonchev–Trinajstić information content (AvgIpc) is 2.33. The van der Waals surface area contributed by atoms with Crippen molar-refractivity contribution in [1.29, 1.82) is 0 Å². The van der Waals surface area contributed by atoms with Crippen molar-refractivity contribution in [2.24, 2.45) is 0 Å². The maximum atomic E-state index is 5.56. The van der Waals surface area contributed by atoms with Crippen molar-refractivity contribution in [3.63, 3.8) is 0 Å². The molecular formula is C7H6N2S. The molecule has 3 heteroatoms. The number of hydrogen-bond donors (Lipinski definition) is 1. The lowest BCUT2D eigenvalue weighted by molar-refractivity contribution is 1.66. The van der Waals surface area contributed by atoms with Gasteiger partial charge in [-0.3, -0.25) is 0 Å². The van der Waals surface area contributed by atoms with Crippen molar-refractivity contribution in [3.05, 3.63) is 23.6 Å². The van der Waals surface area contributed by atoms with Gasteiger partial charge in [0, 0.05) is 16.5 Å². The standard InChI is InChI=1S/C7H6N2S/c8-6-1-2-7-5(3-6)4-10-9-7/h1-4H,8H2. The van der Waals surface area contributed by atoms with E-state index >= 15 is 0 Å². The fourth-order valence-electron chi connectivity index (χ4n) is 0.890. The lowest BCUT2D eigenvalue weighted by Crippen LogP contribution is -1.81. The first-order chi connectivity index (χ1) is 4.86. The SMILES string of the molecule is Nc1ccc2nscc2c1. The van der Waals surface area contributed by atoms with E-state index in [2.05, 4.69) is 4.37 Å². The Bertz CT molecular complexity index is 353. The van der Waals surface area contributed by atoms with Crippen LogP contribution in [0.4, 0.5) is 5.69 Å². The molecule has 0 amide bonds. The van der Waals surface area contributed by atoms with Crippen LogP contribution in [0.2, 0.25) is 0 Å². The van der Waals surface area contributed by atoms with Gasteiger partial charge in [0.25, 0.3) is 0 Å². The van der Waals surface area contributed by atoms with Gasteiger partial charge in [0.15, 0.2) is 0 Å². The van der Waals surface area contributed by atoms with Crippen LogP contribution in [-0.4, -0.2) is 4.37 Å². The second-order valence-electron chi connectivity index (χ2n) is 2.13. The Balaban J connectivity index is 2.86. The van der Waals surface area contributed by atoms with Gasteiger partial charge >= 0.3 is 0 Å². The van der Waals surface area contributed by atoms with E-state index in [1.807, 2.05) is 23.6 Å². The van der Waals surface area contributed by atoms with Crippen molar-refractivity contribution in [3.8, 4) is 0 Å². The molecule has 2 nitrogen and oxygen atoms in total. The monoisotopic (exact) mass is 150 g/mol. The number of anilines is 1. The summed E-state index contributed by atoms with van der Waals surface area (Å²) < 4.78 is 4.15. The zero-order chi connectivity index (χ0) is 6.97. The molecule has 0 aliphatic rings. The minimum atomic E-state index is 0.799. The minimum Gasteiger partial charge on any atom is -0.399 e. The molecule has 0 aliphatic heterocycles. The number of aromatic nitrogens is 1. The van der Waals surface area contributed by atoms with Gasteiger partial charge in [-0.1, -0.05) is 0 Å². The molecule has 0 saturated heterocycles. The predicted octanol–water partition coefficient (Wildman–Crippen LogP) is 1.88. The predicted molar refractivity (Wildman–Crippen MR) is 44.0 cm³/mol. The average molecular weight is 150 g/mol. The van der Waals surface area contributed by atoms with Crippen molar-refractivity contribution in [1.82, 2.24) is 4.37 Å². The third kappa shape index (κ3) is 0.752. The Morgan fingerprint density at radius 3 is 3.20 bits per heavy atom. The van der Waals surface area contributed by atoms with Gasteiger partial charge < -0.3 is 5.73 Å². The number of fused-ring (bicyclic) bond motifs is 1. The van der Waals surface area contributed by atoms with E-state index in [0.717, 1.165) is 16.6 Å². The lowest BCUT2D eigenvalue weighted by Gasteiger charge is -1.89. The highest BCUT2D eigenvalue weighted by Gasteiger charge is 1.93. The lowest BCUT2D eigenvalue weighted by atomic mass is 10.2. The van der Waals surface area contributed by atoms with E-state index in [-0.39, 0.29) is 0 Å². The van der Waals surface area contributed by atoms with E-state index in [1.54, 1.807) is 0 Å². The van der Waals surface area contributed by atoms with E-state index in [1.165, 1.54) is 11.5 Å². The molecule has 10 heavy (non-hydrogen) atoms. The van der Waals surface area contributed by atoms with Crippen LogP contribution in [0.3, 0.4) is 0 Å². The van der Waals surface area contributed by atoms with Crippen LogP contribution in [0.15, 0.2) is 23.6 Å². The van der Waals surface area contributed by atoms with E-state index in [4.69, 9.17) is 5.73 Å². The fourth-order valence-corrected chi connectivity index (χ4v) is 1.53. The van der Waals surface area contributed by atoms with Crippen molar-refractivity contribution in [2.45, 2.75) is 0 Å². The van der Waals surface area contributed by atoms with Crippen LogP contribution >= 0.6 is 11.5 Å². The third-order valence-corrected chi connectivity index (χ3v) is 2.04. The van der Waals surface area contributed by atoms with Gasteiger partial charge in [0.1, 0.15) is 0 Å². The molecule has 0 radical (unpaired) electrons. The highest BCUT2D eigenvalue weighted by Crippen LogP contribution is 2.17. The second kappa shape index (κ2) is 1.95. The van der Waals surface area contributed by atoms with Crippen LogP contribution < -0.4 is 5.73 Å². The molecule has 0 atom stereocenters. The molecule has 2 N–H and O–H groups in total. The Morgan fingerprint density at radius 2 is 2.30 bits per heavy atom. The summed E-state index contributed by atoms with van der Waals surface area (Å²) >= 11 is 1.46. The van der Waals surface area contributed by atoms with E-state index in [0.29, 0.717) is 0 Å². The van der Waals surface area contributed by atoms with Crippen LogP contribution in [0.1, 0.15) is 0 Å². The zero-order valence-corrected chi connectivity index (χ0v) is 6.06. The maximum Gasteiger partial charge on any atom is 0.0842 e. The first kappa shape index (κ1) is 5.68. The molecule has 2 rings (SSSR count). The summed E-state index contributed by atoms with van der Waals surface area (Å²) in [6.45, 7) is 0. The summed E-state index contributed by atoms with van der Waals surface area (Å²) in [5, 5.41) is 3.12. The molecule has 1 aromatic heterocycles. The molecule has 0 fully saturated rings. The minimum absolute atomic E-state index is 0.799. The molecule has 0 spiro atoms. The number of rotatable bonds is 0. The number of benzene rings is 1. The smallest absolute Gasteiger partial charge is 0.0842 e. The van der Waals surface area contributed by atoms with Crippen LogP contribution in [0, 0.1) is 0 Å². The molecule has 0 saturated carbocycles. The van der Waals surface area contributed by atoms with Crippen molar-refractivity contribution >= 4 is 28.1 Å². The zero-order valence-electron chi connectivity index (χ0n) is 5.24. The second-order valence-corrected chi connectivity index (χ2v) is 2.76. The normalized spacial score (nSPS) is 10.4. The van der Waals surface area contributed by atoms with Gasteiger partial charge in [-0.15, -0.1) is 0 Å². The van der Waals surface area contributed by atoms with E-state index < -0.39 is 0 Å². The fraction of sp³-hybridized carbons (Fsp3) is 0. The highest BCUT2D eigenvalue weighted by molar-refractivity contribution is 7.04.